The normalized spacial score (nSPS) is 22.7. The fraction of sp³-hybridized carbons (Fsp3) is 0.562. The van der Waals surface area contributed by atoms with E-state index in [0.717, 1.165) is 5.56 Å². The Morgan fingerprint density at radius 3 is 2.35 bits per heavy atom. The molecule has 1 saturated heterocycles. The molecule has 1 aromatic rings. The Morgan fingerprint density at radius 1 is 1.22 bits per heavy atom. The summed E-state index contributed by atoms with van der Waals surface area (Å²) in [6, 6.07) is 7.15. The van der Waals surface area contributed by atoms with Crippen molar-refractivity contribution in [2.45, 2.75) is 33.0 Å². The van der Waals surface area contributed by atoms with Gasteiger partial charge in [-0.15, -0.1) is 0 Å². The van der Waals surface area contributed by atoms with Crippen molar-refractivity contribution in [3.63, 3.8) is 0 Å². The summed E-state index contributed by atoms with van der Waals surface area (Å²) >= 11 is 0. The summed E-state index contributed by atoms with van der Waals surface area (Å²) in [5, 5.41) is 2.66. The van der Waals surface area contributed by atoms with Crippen LogP contribution in [0, 0.1) is 6.92 Å². The Labute approximate surface area is 137 Å². The second-order valence-corrected chi connectivity index (χ2v) is 8.10. The van der Waals surface area contributed by atoms with Crippen LogP contribution >= 0.6 is 0 Å². The molecule has 1 amide bonds. The molecule has 6 nitrogen and oxygen atoms in total. The lowest BCUT2D eigenvalue weighted by Crippen LogP contribution is -2.49. The van der Waals surface area contributed by atoms with Crippen LogP contribution in [0.5, 0.6) is 0 Å². The van der Waals surface area contributed by atoms with E-state index in [1.807, 2.05) is 32.9 Å². The SMILES string of the molecule is Cc1ccc(C(=O)NCCS(=O)(=O)N2C[C@@H](C)O[C@@H](C)C2)cc1. The molecule has 128 valence electrons. The van der Waals surface area contributed by atoms with Gasteiger partial charge in [-0.25, -0.2) is 8.42 Å². The number of ether oxygens (including phenoxy) is 1. The summed E-state index contributed by atoms with van der Waals surface area (Å²) in [7, 11) is -3.40. The molecular formula is C16H24N2O4S. The molecule has 0 unspecified atom stereocenters. The van der Waals surface area contributed by atoms with E-state index in [0.29, 0.717) is 18.7 Å². The third-order valence-corrected chi connectivity index (χ3v) is 5.54. The molecule has 1 N–H and O–H groups in total. The van der Waals surface area contributed by atoms with Crippen LogP contribution in [0.2, 0.25) is 0 Å². The van der Waals surface area contributed by atoms with Gasteiger partial charge in [0.2, 0.25) is 10.0 Å². The molecule has 2 atom stereocenters. The largest absolute Gasteiger partial charge is 0.373 e. The molecule has 1 aromatic carbocycles. The monoisotopic (exact) mass is 340 g/mol. The Morgan fingerprint density at radius 2 is 1.78 bits per heavy atom. The first-order chi connectivity index (χ1) is 10.8. The Hall–Kier alpha value is -1.44. The number of aryl methyl sites for hydroxylation is 1. The van der Waals surface area contributed by atoms with Crippen LogP contribution in [0.1, 0.15) is 29.8 Å². The Balaban J connectivity index is 1.87. The van der Waals surface area contributed by atoms with Crippen molar-refractivity contribution >= 4 is 15.9 Å². The van der Waals surface area contributed by atoms with E-state index in [-0.39, 0.29) is 30.4 Å². The minimum Gasteiger partial charge on any atom is -0.373 e. The zero-order chi connectivity index (χ0) is 17.0. The summed E-state index contributed by atoms with van der Waals surface area (Å²) in [6.45, 7) is 6.47. The van der Waals surface area contributed by atoms with E-state index in [1.54, 1.807) is 12.1 Å². The lowest BCUT2D eigenvalue weighted by molar-refractivity contribution is -0.0440. The van der Waals surface area contributed by atoms with Crippen LogP contribution < -0.4 is 5.32 Å². The highest BCUT2D eigenvalue weighted by molar-refractivity contribution is 7.89. The van der Waals surface area contributed by atoms with Gasteiger partial charge in [-0.1, -0.05) is 17.7 Å². The summed E-state index contributed by atoms with van der Waals surface area (Å²) < 4.78 is 31.7. The molecule has 0 saturated carbocycles. The standard InChI is InChI=1S/C16H24N2O4S/c1-12-4-6-15(7-5-12)16(19)17-8-9-23(20,21)18-10-13(2)22-14(3)11-18/h4-7,13-14H,8-11H2,1-3H3,(H,17,19)/t13-,14+. The van der Waals surface area contributed by atoms with Crippen LogP contribution in [0.4, 0.5) is 0 Å². The predicted molar refractivity (Wildman–Crippen MR) is 88.9 cm³/mol. The maximum absolute atomic E-state index is 12.4. The number of nitrogens with zero attached hydrogens (tertiary/aromatic N) is 1. The van der Waals surface area contributed by atoms with Gasteiger partial charge in [0.1, 0.15) is 0 Å². The number of amides is 1. The van der Waals surface area contributed by atoms with E-state index in [1.165, 1.54) is 4.31 Å². The number of carbonyl (C=O) groups is 1. The van der Waals surface area contributed by atoms with E-state index in [9.17, 15) is 13.2 Å². The number of rotatable bonds is 5. The van der Waals surface area contributed by atoms with E-state index in [2.05, 4.69) is 5.32 Å². The Bertz CT molecular complexity index is 633. The summed E-state index contributed by atoms with van der Waals surface area (Å²) in [5.74, 6) is -0.367. The summed E-state index contributed by atoms with van der Waals surface area (Å²) in [4.78, 5) is 12.0. The predicted octanol–water partition coefficient (Wildman–Crippen LogP) is 1.16. The van der Waals surface area contributed by atoms with Crippen molar-refractivity contribution in [2.24, 2.45) is 0 Å². The zero-order valence-corrected chi connectivity index (χ0v) is 14.6. The molecular weight excluding hydrogens is 316 g/mol. The first kappa shape index (κ1) is 17.9. The van der Waals surface area contributed by atoms with Gasteiger partial charge in [-0.2, -0.15) is 4.31 Å². The van der Waals surface area contributed by atoms with Gasteiger partial charge < -0.3 is 10.1 Å². The molecule has 7 heteroatoms. The van der Waals surface area contributed by atoms with Gasteiger partial charge in [0.25, 0.3) is 5.91 Å². The number of carbonyl (C=O) groups excluding carboxylic acids is 1. The third-order valence-electron chi connectivity index (χ3n) is 3.74. The molecule has 1 aliphatic rings. The molecule has 2 rings (SSSR count). The molecule has 0 aliphatic carbocycles. The van der Waals surface area contributed by atoms with Crippen molar-refractivity contribution in [2.75, 3.05) is 25.4 Å². The third kappa shape index (κ3) is 5.02. The van der Waals surface area contributed by atoms with Gasteiger partial charge in [-0.05, 0) is 32.9 Å². The van der Waals surface area contributed by atoms with Crippen molar-refractivity contribution in [1.29, 1.82) is 0 Å². The maximum atomic E-state index is 12.4. The fourth-order valence-corrected chi connectivity index (χ4v) is 4.08. The van der Waals surface area contributed by atoms with Crippen LogP contribution in [0.25, 0.3) is 0 Å². The minimum atomic E-state index is -3.40. The molecule has 0 bridgehead atoms. The van der Waals surface area contributed by atoms with Gasteiger partial charge in [0, 0.05) is 25.2 Å². The maximum Gasteiger partial charge on any atom is 0.251 e. The van der Waals surface area contributed by atoms with Gasteiger partial charge in [0.05, 0.1) is 18.0 Å². The number of benzene rings is 1. The number of hydrogen-bond acceptors (Lipinski definition) is 4. The zero-order valence-electron chi connectivity index (χ0n) is 13.8. The van der Waals surface area contributed by atoms with Crippen molar-refractivity contribution in [3.05, 3.63) is 35.4 Å². The number of sulfonamides is 1. The topological polar surface area (TPSA) is 75.7 Å². The smallest absolute Gasteiger partial charge is 0.251 e. The van der Waals surface area contributed by atoms with E-state index < -0.39 is 10.0 Å². The fourth-order valence-electron chi connectivity index (χ4n) is 2.59. The van der Waals surface area contributed by atoms with Crippen LogP contribution in [0.15, 0.2) is 24.3 Å². The molecule has 1 fully saturated rings. The Kier molecular flexibility index (Phi) is 5.78. The highest BCUT2D eigenvalue weighted by atomic mass is 32.2. The van der Waals surface area contributed by atoms with Crippen LogP contribution in [0.3, 0.4) is 0 Å². The molecule has 0 spiro atoms. The minimum absolute atomic E-state index is 0.0924. The van der Waals surface area contributed by atoms with Crippen molar-refractivity contribution in [3.8, 4) is 0 Å². The average Bonchev–Trinajstić information content (AvgIpc) is 2.46. The van der Waals surface area contributed by atoms with E-state index in [4.69, 9.17) is 4.74 Å². The van der Waals surface area contributed by atoms with Gasteiger partial charge in [-0.3, -0.25) is 4.79 Å². The molecule has 0 aromatic heterocycles. The quantitative estimate of drug-likeness (QED) is 0.873. The first-order valence-corrected chi connectivity index (χ1v) is 9.37. The van der Waals surface area contributed by atoms with Crippen LogP contribution in [-0.2, 0) is 14.8 Å². The average molecular weight is 340 g/mol. The van der Waals surface area contributed by atoms with Gasteiger partial charge >= 0.3 is 0 Å². The lowest BCUT2D eigenvalue weighted by atomic mass is 10.1. The summed E-state index contributed by atoms with van der Waals surface area (Å²) in [5.41, 5.74) is 1.60. The van der Waals surface area contributed by atoms with Crippen molar-refractivity contribution in [1.82, 2.24) is 9.62 Å². The lowest BCUT2D eigenvalue weighted by Gasteiger charge is -2.34. The molecule has 23 heavy (non-hydrogen) atoms. The second-order valence-electron chi connectivity index (χ2n) is 6.01. The second kappa shape index (κ2) is 7.42. The summed E-state index contributed by atoms with van der Waals surface area (Å²) in [6.07, 6.45) is -0.230. The first-order valence-electron chi connectivity index (χ1n) is 7.76. The van der Waals surface area contributed by atoms with E-state index >= 15 is 0 Å². The van der Waals surface area contributed by atoms with Crippen molar-refractivity contribution < 1.29 is 17.9 Å². The highest BCUT2D eigenvalue weighted by Crippen LogP contribution is 2.14. The highest BCUT2D eigenvalue weighted by Gasteiger charge is 2.30. The van der Waals surface area contributed by atoms with Crippen LogP contribution in [-0.4, -0.2) is 56.2 Å². The molecule has 1 heterocycles. The molecule has 1 aliphatic heterocycles. The van der Waals surface area contributed by atoms with Gasteiger partial charge in [0.15, 0.2) is 0 Å². The number of nitrogens with one attached hydrogen (secondary N) is 1. The number of hydrogen-bond donors (Lipinski definition) is 1. The number of morpholine rings is 1. The molecule has 0 radical (unpaired) electrons.